The monoisotopic (exact) mass is 366 g/mol. The number of halogens is 3. The molecule has 0 aliphatic heterocycles. The minimum absolute atomic E-state index is 0.0478. The van der Waals surface area contributed by atoms with E-state index in [0.29, 0.717) is 42.0 Å². The lowest BCUT2D eigenvalue weighted by atomic mass is 10.1. The highest BCUT2D eigenvalue weighted by molar-refractivity contribution is 5.80. The van der Waals surface area contributed by atoms with Crippen molar-refractivity contribution in [3.05, 3.63) is 35.9 Å². The number of rotatable bonds is 5. The number of benzene rings is 1. The summed E-state index contributed by atoms with van der Waals surface area (Å²) in [7, 11) is 0. The van der Waals surface area contributed by atoms with E-state index in [1.807, 2.05) is 6.92 Å². The van der Waals surface area contributed by atoms with Gasteiger partial charge < -0.3 is 20.1 Å². The van der Waals surface area contributed by atoms with Gasteiger partial charge in [-0.3, -0.25) is 0 Å². The summed E-state index contributed by atoms with van der Waals surface area (Å²) in [5, 5.41) is 21.9. The van der Waals surface area contributed by atoms with E-state index in [0.717, 1.165) is 6.07 Å². The summed E-state index contributed by atoms with van der Waals surface area (Å²) in [4.78, 5) is 8.72. The maximum Gasteiger partial charge on any atom is 0.416 e. The number of aryl methyl sites for hydroxylation is 1. The Morgan fingerprint density at radius 3 is 2.54 bits per heavy atom. The van der Waals surface area contributed by atoms with Gasteiger partial charge in [-0.2, -0.15) is 13.2 Å². The topological polar surface area (TPSA) is 83.2 Å². The van der Waals surface area contributed by atoms with E-state index in [9.17, 15) is 18.3 Å². The van der Waals surface area contributed by atoms with Crippen LogP contribution in [-0.2, 0) is 12.7 Å². The molecule has 3 aromatic rings. The average Bonchev–Trinajstić information content (AvgIpc) is 2.96. The van der Waals surface area contributed by atoms with E-state index >= 15 is 0 Å². The Labute approximate surface area is 146 Å². The molecule has 0 atom stereocenters. The number of nitrogens with zero attached hydrogens (tertiary/aromatic N) is 3. The second-order valence-corrected chi connectivity index (χ2v) is 5.60. The highest BCUT2D eigenvalue weighted by atomic mass is 19.4. The van der Waals surface area contributed by atoms with Gasteiger partial charge in [0.15, 0.2) is 5.65 Å². The maximum absolute atomic E-state index is 12.8. The quantitative estimate of drug-likeness (QED) is 0.646. The normalized spacial score (nSPS) is 11.9. The highest BCUT2D eigenvalue weighted by Crippen LogP contribution is 2.37. The third-order valence-electron chi connectivity index (χ3n) is 3.91. The Balaban J connectivity index is 2.09. The van der Waals surface area contributed by atoms with Crippen LogP contribution < -0.4 is 5.32 Å². The molecule has 0 spiro atoms. The van der Waals surface area contributed by atoms with Gasteiger partial charge in [-0.05, 0) is 37.3 Å². The smallest absolute Gasteiger partial charge is 0.416 e. The minimum Gasteiger partial charge on any atom is -0.507 e. The van der Waals surface area contributed by atoms with Gasteiger partial charge in [0.1, 0.15) is 17.4 Å². The Morgan fingerprint density at radius 2 is 1.92 bits per heavy atom. The molecule has 0 unspecified atom stereocenters. The highest BCUT2D eigenvalue weighted by Gasteiger charge is 2.31. The fourth-order valence-corrected chi connectivity index (χ4v) is 2.71. The summed E-state index contributed by atoms with van der Waals surface area (Å²) >= 11 is 0. The summed E-state index contributed by atoms with van der Waals surface area (Å²) in [6, 6.07) is 6.31. The number of phenolic OH excluding ortho intramolecular Hbond substituents is 1. The van der Waals surface area contributed by atoms with Crippen LogP contribution in [0.2, 0.25) is 0 Å². The van der Waals surface area contributed by atoms with Crippen LogP contribution in [0.4, 0.5) is 19.0 Å². The number of alkyl halides is 3. The molecule has 2 heterocycles. The van der Waals surface area contributed by atoms with Crippen molar-refractivity contribution in [1.29, 1.82) is 0 Å². The van der Waals surface area contributed by atoms with Gasteiger partial charge in [-0.1, -0.05) is 0 Å². The molecule has 3 N–H and O–H groups in total. The third kappa shape index (κ3) is 3.30. The van der Waals surface area contributed by atoms with Crippen molar-refractivity contribution in [3.63, 3.8) is 0 Å². The first-order chi connectivity index (χ1) is 12.3. The number of anilines is 1. The van der Waals surface area contributed by atoms with E-state index in [2.05, 4.69) is 15.3 Å². The van der Waals surface area contributed by atoms with E-state index < -0.39 is 17.5 Å². The number of phenols is 1. The van der Waals surface area contributed by atoms with Crippen molar-refractivity contribution in [2.24, 2.45) is 0 Å². The number of hydrogen-bond acceptors (Lipinski definition) is 5. The lowest BCUT2D eigenvalue weighted by molar-refractivity contribution is -0.137. The van der Waals surface area contributed by atoms with Crippen LogP contribution in [0.5, 0.6) is 5.75 Å². The predicted octanol–water partition coefficient (Wildman–Crippen LogP) is 3.25. The molecule has 0 aliphatic carbocycles. The summed E-state index contributed by atoms with van der Waals surface area (Å²) in [6.07, 6.45) is -4.53. The molecule has 0 amide bonds. The standard InChI is InChI=1S/C17H17F3N4O2/c1-2-24-12-5-6-14(21-7-8-25)22-15(12)23-16(24)11-4-3-10(9-13(11)26)17(18,19)20/h3-6,9,25-26H,2,7-8H2,1H3,(H,21,22). The molecule has 0 aliphatic rings. The lowest BCUT2D eigenvalue weighted by Gasteiger charge is -2.11. The third-order valence-corrected chi connectivity index (χ3v) is 3.91. The fraction of sp³-hybridized carbons (Fsp3) is 0.294. The van der Waals surface area contributed by atoms with Crippen LogP contribution in [0.25, 0.3) is 22.6 Å². The van der Waals surface area contributed by atoms with Crippen molar-refractivity contribution in [2.45, 2.75) is 19.6 Å². The fourth-order valence-electron chi connectivity index (χ4n) is 2.71. The first kappa shape index (κ1) is 18.0. The number of hydrogen-bond donors (Lipinski definition) is 3. The molecular formula is C17H17F3N4O2. The molecule has 26 heavy (non-hydrogen) atoms. The summed E-state index contributed by atoms with van der Waals surface area (Å²) in [6.45, 7) is 2.65. The molecule has 9 heteroatoms. The van der Waals surface area contributed by atoms with Gasteiger partial charge in [-0.15, -0.1) is 0 Å². The van der Waals surface area contributed by atoms with Crippen molar-refractivity contribution in [2.75, 3.05) is 18.5 Å². The molecule has 0 saturated heterocycles. The summed E-state index contributed by atoms with van der Waals surface area (Å²) < 4.78 is 40.1. The number of fused-ring (bicyclic) bond motifs is 1. The molecular weight excluding hydrogens is 349 g/mol. The van der Waals surface area contributed by atoms with Crippen molar-refractivity contribution < 1.29 is 23.4 Å². The Bertz CT molecular complexity index is 938. The second-order valence-electron chi connectivity index (χ2n) is 5.60. The molecule has 138 valence electrons. The minimum atomic E-state index is -4.53. The summed E-state index contributed by atoms with van der Waals surface area (Å²) in [5.41, 5.74) is 0.356. The van der Waals surface area contributed by atoms with E-state index in [1.165, 1.54) is 6.07 Å². The van der Waals surface area contributed by atoms with Gasteiger partial charge in [-0.25, -0.2) is 9.97 Å². The van der Waals surface area contributed by atoms with E-state index in [4.69, 9.17) is 5.11 Å². The second kappa shape index (κ2) is 6.83. The zero-order chi connectivity index (χ0) is 18.9. The lowest BCUT2D eigenvalue weighted by Crippen LogP contribution is -2.06. The van der Waals surface area contributed by atoms with E-state index in [1.54, 1.807) is 16.7 Å². The maximum atomic E-state index is 12.8. The zero-order valence-electron chi connectivity index (χ0n) is 13.9. The number of pyridine rings is 1. The predicted molar refractivity (Wildman–Crippen MR) is 90.9 cm³/mol. The molecule has 0 fully saturated rings. The number of aromatic hydroxyl groups is 1. The largest absolute Gasteiger partial charge is 0.507 e. The number of imidazole rings is 1. The van der Waals surface area contributed by atoms with Crippen LogP contribution in [0.1, 0.15) is 12.5 Å². The van der Waals surface area contributed by atoms with Gasteiger partial charge in [0.25, 0.3) is 0 Å². The SMILES string of the molecule is CCn1c(-c2ccc(C(F)(F)F)cc2O)nc2nc(NCCO)ccc21. The molecule has 0 saturated carbocycles. The first-order valence-corrected chi connectivity index (χ1v) is 7.97. The van der Waals surface area contributed by atoms with Gasteiger partial charge in [0.2, 0.25) is 0 Å². The van der Waals surface area contributed by atoms with Crippen molar-refractivity contribution in [3.8, 4) is 17.1 Å². The van der Waals surface area contributed by atoms with Gasteiger partial charge >= 0.3 is 6.18 Å². The number of aromatic nitrogens is 3. The summed E-state index contributed by atoms with van der Waals surface area (Å²) in [5.74, 6) is 0.361. The van der Waals surface area contributed by atoms with Crippen molar-refractivity contribution >= 4 is 17.0 Å². The Kier molecular flexibility index (Phi) is 4.73. The first-order valence-electron chi connectivity index (χ1n) is 7.97. The molecule has 0 radical (unpaired) electrons. The average molecular weight is 366 g/mol. The van der Waals surface area contributed by atoms with Gasteiger partial charge in [0.05, 0.1) is 23.3 Å². The van der Waals surface area contributed by atoms with Crippen molar-refractivity contribution in [1.82, 2.24) is 14.5 Å². The Hall–Kier alpha value is -2.81. The number of nitrogens with one attached hydrogen (secondary N) is 1. The zero-order valence-corrected chi connectivity index (χ0v) is 13.9. The molecule has 2 aromatic heterocycles. The molecule has 6 nitrogen and oxygen atoms in total. The van der Waals surface area contributed by atoms with E-state index in [-0.39, 0.29) is 12.2 Å². The van der Waals surface area contributed by atoms with Gasteiger partial charge in [0, 0.05) is 13.1 Å². The van der Waals surface area contributed by atoms with Crippen LogP contribution in [0.15, 0.2) is 30.3 Å². The molecule has 3 rings (SSSR count). The van der Waals surface area contributed by atoms with Crippen LogP contribution in [0.3, 0.4) is 0 Å². The van der Waals surface area contributed by atoms with Crippen LogP contribution in [-0.4, -0.2) is 37.9 Å². The number of aliphatic hydroxyl groups excluding tert-OH is 1. The molecule has 0 bridgehead atoms. The number of aliphatic hydroxyl groups is 1. The van der Waals surface area contributed by atoms with Crippen LogP contribution >= 0.6 is 0 Å². The molecule has 1 aromatic carbocycles. The Morgan fingerprint density at radius 1 is 1.15 bits per heavy atom. The van der Waals surface area contributed by atoms with Crippen LogP contribution in [0, 0.1) is 0 Å².